The zero-order valence-corrected chi connectivity index (χ0v) is 10.5. The molecule has 0 unspecified atom stereocenters. The number of hydrogen-bond acceptors (Lipinski definition) is 2. The molecule has 4 nitrogen and oxygen atoms in total. The molecule has 0 atom stereocenters. The van der Waals surface area contributed by atoms with Crippen LogP contribution in [0.2, 0.25) is 0 Å². The van der Waals surface area contributed by atoms with Gasteiger partial charge < -0.3 is 9.47 Å². The number of carbonyl (C=O) groups is 1. The Bertz CT molecular complexity index is 571. The van der Waals surface area contributed by atoms with E-state index in [1.165, 1.54) is 0 Å². The van der Waals surface area contributed by atoms with E-state index in [0.29, 0.717) is 11.8 Å². The number of nitrogens with zero attached hydrogens (tertiary/aromatic N) is 3. The van der Waals surface area contributed by atoms with Gasteiger partial charge in [-0.05, 0) is 25.0 Å². The van der Waals surface area contributed by atoms with Crippen molar-refractivity contribution < 1.29 is 4.79 Å². The average molecular weight is 243 g/mol. The number of aromatic nitrogens is 2. The van der Waals surface area contributed by atoms with Crippen LogP contribution in [0.15, 0.2) is 30.6 Å². The molecule has 1 aliphatic carbocycles. The van der Waals surface area contributed by atoms with E-state index in [-0.39, 0.29) is 0 Å². The summed E-state index contributed by atoms with van der Waals surface area (Å²) in [6.45, 7) is 1.55. The van der Waals surface area contributed by atoms with Crippen molar-refractivity contribution in [2.24, 2.45) is 5.92 Å². The number of para-hydroxylation sites is 2. The summed E-state index contributed by atoms with van der Waals surface area (Å²) in [5.74, 6) is 0.592. The van der Waals surface area contributed by atoms with E-state index in [0.717, 1.165) is 37.0 Å². The van der Waals surface area contributed by atoms with Gasteiger partial charge in [0, 0.05) is 26.1 Å². The summed E-state index contributed by atoms with van der Waals surface area (Å²) in [7, 11) is 1.89. The molecule has 1 saturated carbocycles. The van der Waals surface area contributed by atoms with Gasteiger partial charge in [0.15, 0.2) is 0 Å². The summed E-state index contributed by atoms with van der Waals surface area (Å²) in [5, 5.41) is 0. The number of carbonyl (C=O) groups excluding carboxylic acids is 1. The first-order valence-electron chi connectivity index (χ1n) is 6.40. The molecule has 1 aromatic carbocycles. The van der Waals surface area contributed by atoms with Crippen LogP contribution in [0.1, 0.15) is 12.8 Å². The molecule has 0 N–H and O–H groups in total. The number of fused-ring (bicyclic) bond motifs is 1. The van der Waals surface area contributed by atoms with E-state index < -0.39 is 0 Å². The lowest BCUT2D eigenvalue weighted by Crippen LogP contribution is -2.31. The number of rotatable bonds is 4. The molecule has 4 heteroatoms. The third-order valence-electron chi connectivity index (χ3n) is 3.51. The van der Waals surface area contributed by atoms with Crippen molar-refractivity contribution in [1.29, 1.82) is 0 Å². The molecule has 0 bridgehead atoms. The van der Waals surface area contributed by atoms with Crippen molar-refractivity contribution in [3.05, 3.63) is 30.6 Å². The van der Waals surface area contributed by atoms with Gasteiger partial charge in [0.05, 0.1) is 17.4 Å². The Balaban J connectivity index is 1.67. The van der Waals surface area contributed by atoms with E-state index in [2.05, 4.69) is 15.6 Å². The van der Waals surface area contributed by atoms with Crippen molar-refractivity contribution in [3.63, 3.8) is 0 Å². The Morgan fingerprint density at radius 2 is 2.22 bits per heavy atom. The predicted octanol–water partition coefficient (Wildman–Crippen LogP) is 1.90. The SMILES string of the molecule is CN(CCn1cnc2ccccc21)C(=O)C1CC1. The summed E-state index contributed by atoms with van der Waals surface area (Å²) < 4.78 is 2.10. The van der Waals surface area contributed by atoms with Gasteiger partial charge in [-0.3, -0.25) is 4.79 Å². The average Bonchev–Trinajstić information content (AvgIpc) is 3.16. The summed E-state index contributed by atoms with van der Waals surface area (Å²) in [4.78, 5) is 18.0. The smallest absolute Gasteiger partial charge is 0.225 e. The van der Waals surface area contributed by atoms with E-state index in [9.17, 15) is 4.79 Å². The van der Waals surface area contributed by atoms with Crippen LogP contribution in [0.3, 0.4) is 0 Å². The highest BCUT2D eigenvalue weighted by molar-refractivity contribution is 5.80. The molecule has 1 aromatic heterocycles. The lowest BCUT2D eigenvalue weighted by atomic mass is 10.3. The molecule has 0 saturated heterocycles. The minimum Gasteiger partial charge on any atom is -0.344 e. The Labute approximate surface area is 106 Å². The fourth-order valence-corrected chi connectivity index (χ4v) is 2.20. The predicted molar refractivity (Wildman–Crippen MR) is 70.1 cm³/mol. The van der Waals surface area contributed by atoms with E-state index in [1.54, 1.807) is 0 Å². The van der Waals surface area contributed by atoms with Crippen molar-refractivity contribution in [2.45, 2.75) is 19.4 Å². The van der Waals surface area contributed by atoms with E-state index in [4.69, 9.17) is 0 Å². The first-order valence-corrected chi connectivity index (χ1v) is 6.40. The molecule has 94 valence electrons. The van der Waals surface area contributed by atoms with Gasteiger partial charge in [0.2, 0.25) is 5.91 Å². The number of hydrogen-bond donors (Lipinski definition) is 0. The maximum Gasteiger partial charge on any atom is 0.225 e. The number of amides is 1. The molecule has 0 radical (unpaired) electrons. The zero-order valence-electron chi connectivity index (χ0n) is 10.5. The molecular formula is C14H17N3O. The molecule has 0 aliphatic heterocycles. The second-order valence-corrected chi connectivity index (χ2v) is 4.96. The molecule has 0 spiro atoms. The van der Waals surface area contributed by atoms with Gasteiger partial charge in [0.25, 0.3) is 0 Å². The van der Waals surface area contributed by atoms with Gasteiger partial charge in [-0.25, -0.2) is 4.98 Å². The van der Waals surface area contributed by atoms with Crippen LogP contribution in [0.4, 0.5) is 0 Å². The zero-order chi connectivity index (χ0) is 12.5. The van der Waals surface area contributed by atoms with Crippen LogP contribution in [0.5, 0.6) is 0 Å². The lowest BCUT2D eigenvalue weighted by Gasteiger charge is -2.17. The maximum absolute atomic E-state index is 11.8. The maximum atomic E-state index is 11.8. The standard InChI is InChI=1S/C14H17N3O/c1-16(14(18)11-6-7-11)8-9-17-10-15-12-4-2-3-5-13(12)17/h2-5,10-11H,6-9H2,1H3. The van der Waals surface area contributed by atoms with Gasteiger partial charge in [0.1, 0.15) is 0 Å². The molecular weight excluding hydrogens is 226 g/mol. The van der Waals surface area contributed by atoms with Crippen LogP contribution in [0, 0.1) is 5.92 Å². The first-order chi connectivity index (χ1) is 8.75. The minimum atomic E-state index is 0.291. The quantitative estimate of drug-likeness (QED) is 0.822. The fraction of sp³-hybridized carbons (Fsp3) is 0.429. The first kappa shape index (κ1) is 11.3. The topological polar surface area (TPSA) is 38.1 Å². The highest BCUT2D eigenvalue weighted by Crippen LogP contribution is 2.30. The second kappa shape index (κ2) is 4.44. The summed E-state index contributed by atoms with van der Waals surface area (Å²) in [6.07, 6.45) is 3.98. The van der Waals surface area contributed by atoms with Crippen molar-refractivity contribution in [1.82, 2.24) is 14.5 Å². The Morgan fingerprint density at radius 3 is 3.00 bits per heavy atom. The van der Waals surface area contributed by atoms with Gasteiger partial charge in [-0.15, -0.1) is 0 Å². The van der Waals surface area contributed by atoms with Crippen molar-refractivity contribution in [2.75, 3.05) is 13.6 Å². The summed E-state index contributed by atoms with van der Waals surface area (Å²) >= 11 is 0. The van der Waals surface area contributed by atoms with E-state index >= 15 is 0 Å². The molecule has 1 aliphatic rings. The van der Waals surface area contributed by atoms with Gasteiger partial charge in [-0.1, -0.05) is 12.1 Å². The molecule has 2 aromatic rings. The van der Waals surface area contributed by atoms with Crippen LogP contribution >= 0.6 is 0 Å². The largest absolute Gasteiger partial charge is 0.344 e. The Morgan fingerprint density at radius 1 is 1.44 bits per heavy atom. The second-order valence-electron chi connectivity index (χ2n) is 4.96. The number of likely N-dealkylation sites (N-methyl/N-ethyl adjacent to an activating group) is 1. The summed E-state index contributed by atoms with van der Waals surface area (Å²) in [5.41, 5.74) is 2.14. The summed E-state index contributed by atoms with van der Waals surface area (Å²) in [6, 6.07) is 8.07. The molecule has 1 heterocycles. The van der Waals surface area contributed by atoms with Crippen LogP contribution in [0.25, 0.3) is 11.0 Å². The third kappa shape index (κ3) is 2.10. The lowest BCUT2D eigenvalue weighted by molar-refractivity contribution is -0.131. The van der Waals surface area contributed by atoms with Crippen molar-refractivity contribution >= 4 is 16.9 Å². The highest BCUT2D eigenvalue weighted by atomic mass is 16.2. The Hall–Kier alpha value is -1.84. The Kier molecular flexibility index (Phi) is 2.78. The third-order valence-corrected chi connectivity index (χ3v) is 3.51. The molecule has 18 heavy (non-hydrogen) atoms. The van der Waals surface area contributed by atoms with Crippen LogP contribution < -0.4 is 0 Å². The molecule has 1 amide bonds. The fourth-order valence-electron chi connectivity index (χ4n) is 2.20. The van der Waals surface area contributed by atoms with E-state index in [1.807, 2.05) is 36.5 Å². The van der Waals surface area contributed by atoms with Gasteiger partial charge in [-0.2, -0.15) is 0 Å². The minimum absolute atomic E-state index is 0.291. The number of imidazole rings is 1. The normalized spacial score (nSPS) is 14.9. The monoisotopic (exact) mass is 243 g/mol. The highest BCUT2D eigenvalue weighted by Gasteiger charge is 2.31. The molecule has 3 rings (SSSR count). The van der Waals surface area contributed by atoms with Crippen LogP contribution in [-0.2, 0) is 11.3 Å². The van der Waals surface area contributed by atoms with Gasteiger partial charge >= 0.3 is 0 Å². The van der Waals surface area contributed by atoms with Crippen molar-refractivity contribution in [3.8, 4) is 0 Å². The number of benzene rings is 1. The molecule has 1 fully saturated rings. The van der Waals surface area contributed by atoms with Crippen LogP contribution in [-0.4, -0.2) is 34.0 Å².